The monoisotopic (exact) mass is 287 g/mol. The second-order valence-electron chi connectivity index (χ2n) is 4.27. The van der Waals surface area contributed by atoms with Crippen LogP contribution >= 0.6 is 11.6 Å². The molecule has 1 amide bonds. The predicted octanol–water partition coefficient (Wildman–Crippen LogP) is 3.93. The van der Waals surface area contributed by atoms with Crippen molar-refractivity contribution in [3.63, 3.8) is 0 Å². The van der Waals surface area contributed by atoms with Gasteiger partial charge in [0.15, 0.2) is 0 Å². The maximum absolute atomic E-state index is 12.2. The second-order valence-corrected chi connectivity index (χ2v) is 4.70. The van der Waals surface area contributed by atoms with Gasteiger partial charge in [0, 0.05) is 11.9 Å². The normalized spacial score (nSPS) is 9.90. The van der Waals surface area contributed by atoms with Crippen LogP contribution in [0.1, 0.15) is 17.3 Å². The van der Waals surface area contributed by atoms with Crippen molar-refractivity contribution < 1.29 is 4.79 Å². The van der Waals surface area contributed by atoms with Gasteiger partial charge in [0.2, 0.25) is 0 Å². The molecule has 20 heavy (non-hydrogen) atoms. The van der Waals surface area contributed by atoms with Gasteiger partial charge in [0.05, 0.1) is 16.3 Å². The zero-order valence-corrected chi connectivity index (χ0v) is 11.7. The molecule has 0 fully saturated rings. The van der Waals surface area contributed by atoms with E-state index in [4.69, 9.17) is 11.6 Å². The molecule has 0 saturated heterocycles. The lowest BCUT2D eigenvalue weighted by Crippen LogP contribution is -2.15. The summed E-state index contributed by atoms with van der Waals surface area (Å²) >= 11 is 5.75. The zero-order valence-electron chi connectivity index (χ0n) is 11.0. The number of amides is 1. The van der Waals surface area contributed by atoms with Crippen molar-refractivity contribution in [1.82, 2.24) is 4.98 Å². The molecular weight excluding hydrogens is 274 g/mol. The maximum Gasteiger partial charge on any atom is 0.258 e. The molecular formula is C15H14ClN3O. The molecule has 2 N–H and O–H groups in total. The van der Waals surface area contributed by atoms with Crippen molar-refractivity contribution >= 4 is 29.0 Å². The summed E-state index contributed by atoms with van der Waals surface area (Å²) in [6, 6.07) is 10.5. The molecule has 1 heterocycles. The van der Waals surface area contributed by atoms with Crippen LogP contribution in [0.4, 0.5) is 11.5 Å². The van der Waals surface area contributed by atoms with Gasteiger partial charge in [-0.2, -0.15) is 0 Å². The molecule has 0 saturated carbocycles. The Labute approximate surface area is 122 Å². The van der Waals surface area contributed by atoms with Crippen LogP contribution in [0.25, 0.3) is 0 Å². The number of carbonyl (C=O) groups excluding carboxylic acids is 1. The Bertz CT molecular complexity index is 638. The Kier molecular flexibility index (Phi) is 4.38. The van der Waals surface area contributed by atoms with E-state index in [1.165, 1.54) is 6.20 Å². The molecule has 0 spiro atoms. The number of pyridine rings is 1. The van der Waals surface area contributed by atoms with Gasteiger partial charge in [-0.1, -0.05) is 30.3 Å². The number of para-hydroxylation sites is 1. The molecule has 0 radical (unpaired) electrons. The Morgan fingerprint density at radius 1 is 1.20 bits per heavy atom. The number of nitrogens with one attached hydrogen (secondary N) is 2. The third kappa shape index (κ3) is 3.59. The molecule has 0 aliphatic heterocycles. The summed E-state index contributed by atoms with van der Waals surface area (Å²) in [4.78, 5) is 16.3. The van der Waals surface area contributed by atoms with Crippen LogP contribution < -0.4 is 10.6 Å². The number of hydrogen-bond acceptors (Lipinski definition) is 3. The highest BCUT2D eigenvalue weighted by atomic mass is 35.5. The van der Waals surface area contributed by atoms with Crippen LogP contribution in [0, 0.1) is 0 Å². The summed E-state index contributed by atoms with van der Waals surface area (Å²) in [7, 11) is 0. The van der Waals surface area contributed by atoms with Crippen molar-refractivity contribution in [2.75, 3.05) is 10.6 Å². The van der Waals surface area contributed by atoms with Crippen molar-refractivity contribution in [3.8, 4) is 0 Å². The number of anilines is 2. The van der Waals surface area contributed by atoms with E-state index < -0.39 is 0 Å². The molecule has 0 aliphatic rings. The third-order valence-electron chi connectivity index (χ3n) is 2.49. The Hall–Kier alpha value is -2.33. The van der Waals surface area contributed by atoms with Crippen molar-refractivity contribution in [2.24, 2.45) is 0 Å². The summed E-state index contributed by atoms with van der Waals surface area (Å²) in [6.45, 7) is 5.60. The SMILES string of the molecule is C=C(C)Nc1ccccc1C(=O)Nc1ccc(Cl)cn1. The number of benzene rings is 1. The highest BCUT2D eigenvalue weighted by molar-refractivity contribution is 6.30. The van der Waals surface area contributed by atoms with E-state index in [2.05, 4.69) is 22.2 Å². The molecule has 2 rings (SSSR count). The molecule has 1 aromatic carbocycles. The zero-order chi connectivity index (χ0) is 14.5. The number of allylic oxidation sites excluding steroid dienone is 1. The highest BCUT2D eigenvalue weighted by Crippen LogP contribution is 2.18. The second kappa shape index (κ2) is 6.21. The Morgan fingerprint density at radius 2 is 1.95 bits per heavy atom. The fourth-order valence-corrected chi connectivity index (χ4v) is 1.77. The van der Waals surface area contributed by atoms with Gasteiger partial charge in [0.25, 0.3) is 5.91 Å². The lowest BCUT2D eigenvalue weighted by Gasteiger charge is -2.11. The summed E-state index contributed by atoms with van der Waals surface area (Å²) in [5.41, 5.74) is 1.98. The highest BCUT2D eigenvalue weighted by Gasteiger charge is 2.11. The quantitative estimate of drug-likeness (QED) is 0.896. The van der Waals surface area contributed by atoms with Crippen LogP contribution in [0.2, 0.25) is 5.02 Å². The predicted molar refractivity (Wildman–Crippen MR) is 82.1 cm³/mol. The molecule has 0 bridgehead atoms. The molecule has 0 aliphatic carbocycles. The van der Waals surface area contributed by atoms with Crippen molar-refractivity contribution in [2.45, 2.75) is 6.92 Å². The average molecular weight is 288 g/mol. The first kappa shape index (κ1) is 14.1. The van der Waals surface area contributed by atoms with Gasteiger partial charge in [-0.3, -0.25) is 4.79 Å². The minimum Gasteiger partial charge on any atom is -0.359 e. The van der Waals surface area contributed by atoms with Crippen LogP contribution in [0.3, 0.4) is 0 Å². The maximum atomic E-state index is 12.2. The first-order valence-electron chi connectivity index (χ1n) is 6.01. The van der Waals surface area contributed by atoms with Gasteiger partial charge >= 0.3 is 0 Å². The molecule has 0 unspecified atom stereocenters. The van der Waals surface area contributed by atoms with Crippen molar-refractivity contribution in [3.05, 3.63) is 65.5 Å². The van der Waals surface area contributed by atoms with Crippen molar-refractivity contribution in [1.29, 1.82) is 0 Å². The van der Waals surface area contributed by atoms with Gasteiger partial charge in [-0.05, 0) is 31.2 Å². The van der Waals surface area contributed by atoms with Gasteiger partial charge in [-0.15, -0.1) is 0 Å². The number of aromatic nitrogens is 1. The lowest BCUT2D eigenvalue weighted by atomic mass is 10.1. The number of carbonyl (C=O) groups is 1. The molecule has 102 valence electrons. The number of rotatable bonds is 4. The van der Waals surface area contributed by atoms with E-state index in [1.54, 1.807) is 24.3 Å². The molecule has 0 atom stereocenters. The van der Waals surface area contributed by atoms with E-state index >= 15 is 0 Å². The van der Waals surface area contributed by atoms with Gasteiger partial charge < -0.3 is 10.6 Å². The molecule has 5 heteroatoms. The molecule has 4 nitrogen and oxygen atoms in total. The average Bonchev–Trinajstić information content (AvgIpc) is 2.41. The first-order chi connectivity index (χ1) is 9.56. The fraction of sp³-hybridized carbons (Fsp3) is 0.0667. The van der Waals surface area contributed by atoms with E-state index in [0.29, 0.717) is 22.1 Å². The van der Waals surface area contributed by atoms with E-state index in [0.717, 1.165) is 5.70 Å². The van der Waals surface area contributed by atoms with Crippen LogP contribution in [-0.2, 0) is 0 Å². The minimum atomic E-state index is -0.246. The fourth-order valence-electron chi connectivity index (χ4n) is 1.65. The summed E-state index contributed by atoms with van der Waals surface area (Å²) in [5.74, 6) is 0.203. The Morgan fingerprint density at radius 3 is 2.60 bits per heavy atom. The molecule has 1 aromatic heterocycles. The van der Waals surface area contributed by atoms with E-state index in [1.807, 2.05) is 19.1 Å². The van der Waals surface area contributed by atoms with Crippen LogP contribution in [0.15, 0.2) is 54.9 Å². The number of nitrogens with zero attached hydrogens (tertiary/aromatic N) is 1. The van der Waals surface area contributed by atoms with Gasteiger partial charge in [0.1, 0.15) is 5.82 Å². The van der Waals surface area contributed by atoms with E-state index in [9.17, 15) is 4.79 Å². The summed E-state index contributed by atoms with van der Waals surface area (Å²) in [6.07, 6.45) is 1.48. The third-order valence-corrected chi connectivity index (χ3v) is 2.71. The largest absolute Gasteiger partial charge is 0.359 e. The topological polar surface area (TPSA) is 54.0 Å². The standard InChI is InChI=1S/C15H14ClN3O/c1-10(2)18-13-6-4-3-5-12(13)15(20)19-14-8-7-11(16)9-17-14/h3-9,18H,1H2,2H3,(H,17,19,20). The minimum absolute atomic E-state index is 0.246. The van der Waals surface area contributed by atoms with E-state index in [-0.39, 0.29) is 5.91 Å². The van der Waals surface area contributed by atoms with Crippen LogP contribution in [0.5, 0.6) is 0 Å². The summed E-state index contributed by atoms with van der Waals surface area (Å²) in [5, 5.41) is 6.29. The Balaban J connectivity index is 2.20. The first-order valence-corrected chi connectivity index (χ1v) is 6.38. The van der Waals surface area contributed by atoms with Crippen LogP contribution in [-0.4, -0.2) is 10.9 Å². The molecule has 2 aromatic rings. The number of hydrogen-bond donors (Lipinski definition) is 2. The smallest absolute Gasteiger partial charge is 0.258 e. The lowest BCUT2D eigenvalue weighted by molar-refractivity contribution is 0.102. The van der Waals surface area contributed by atoms with Gasteiger partial charge in [-0.25, -0.2) is 4.98 Å². The number of halogens is 1. The summed E-state index contributed by atoms with van der Waals surface area (Å²) < 4.78 is 0.